The van der Waals surface area contributed by atoms with E-state index in [-0.39, 0.29) is 19.7 Å². The highest BCUT2D eigenvalue weighted by Crippen LogP contribution is 2.20. The number of aliphatic hydroxyl groups is 1. The largest absolute Gasteiger partial charge is 0.395 e. The molecule has 0 amide bonds. The maximum Gasteiger partial charge on any atom is 0.246 e. The van der Waals surface area contributed by atoms with Crippen LogP contribution in [0.2, 0.25) is 0 Å². The summed E-state index contributed by atoms with van der Waals surface area (Å²) in [5, 5.41) is 11.8. The van der Waals surface area contributed by atoms with Gasteiger partial charge in [-0.15, -0.1) is 6.58 Å². The lowest BCUT2D eigenvalue weighted by Gasteiger charge is -2.20. The molecule has 0 spiro atoms. The smallest absolute Gasteiger partial charge is 0.246 e. The van der Waals surface area contributed by atoms with Crippen LogP contribution in [0.5, 0.6) is 0 Å². The Morgan fingerprint density at radius 1 is 1.50 bits per heavy atom. The van der Waals surface area contributed by atoms with Crippen LogP contribution in [0.4, 0.5) is 4.39 Å². The lowest BCUT2D eigenvalue weighted by Crippen LogP contribution is -2.34. The number of benzene rings is 1. The molecular weight excluding hydrogens is 283 g/mol. The first-order valence-electron chi connectivity index (χ1n) is 6.12. The molecule has 0 heterocycles. The van der Waals surface area contributed by atoms with Crippen molar-refractivity contribution in [1.82, 2.24) is 9.62 Å². The van der Waals surface area contributed by atoms with Crippen LogP contribution < -0.4 is 5.32 Å². The Labute approximate surface area is 118 Å². The van der Waals surface area contributed by atoms with Crippen molar-refractivity contribution in [2.75, 3.05) is 26.7 Å². The minimum atomic E-state index is -3.98. The van der Waals surface area contributed by atoms with Crippen molar-refractivity contribution >= 4 is 10.0 Å². The van der Waals surface area contributed by atoms with E-state index in [1.54, 1.807) is 13.1 Å². The van der Waals surface area contributed by atoms with Crippen LogP contribution in [0.3, 0.4) is 0 Å². The second-order valence-electron chi connectivity index (χ2n) is 4.17. The molecule has 1 aromatic carbocycles. The number of nitrogens with one attached hydrogen (secondary N) is 1. The minimum absolute atomic E-state index is 0.0145. The number of halogens is 1. The molecule has 5 nitrogen and oxygen atoms in total. The van der Waals surface area contributed by atoms with Crippen LogP contribution >= 0.6 is 0 Å². The van der Waals surface area contributed by atoms with Crippen molar-refractivity contribution in [2.45, 2.75) is 11.4 Å². The molecular formula is C13H19FN2O3S. The summed E-state index contributed by atoms with van der Waals surface area (Å²) < 4.78 is 39.6. The Kier molecular flexibility index (Phi) is 6.28. The van der Waals surface area contributed by atoms with E-state index in [0.717, 1.165) is 4.31 Å². The molecule has 0 bridgehead atoms. The molecule has 0 fully saturated rings. The Balaban J connectivity index is 3.16. The standard InChI is InChI=1S/C13H19FN2O3S/c1-3-6-16(7-8-17)20(18,19)13-5-4-11(10-15-2)9-12(13)14/h3-5,9,15,17H,1,6-8,10H2,2H3. The van der Waals surface area contributed by atoms with E-state index >= 15 is 0 Å². The van der Waals surface area contributed by atoms with E-state index in [1.807, 2.05) is 0 Å². The molecule has 0 aromatic heterocycles. The molecule has 20 heavy (non-hydrogen) atoms. The summed E-state index contributed by atoms with van der Waals surface area (Å²) in [6.07, 6.45) is 1.39. The van der Waals surface area contributed by atoms with Gasteiger partial charge >= 0.3 is 0 Å². The van der Waals surface area contributed by atoms with E-state index < -0.39 is 20.7 Å². The van der Waals surface area contributed by atoms with Crippen molar-refractivity contribution in [1.29, 1.82) is 0 Å². The van der Waals surface area contributed by atoms with Crippen molar-refractivity contribution in [3.05, 3.63) is 42.2 Å². The zero-order chi connectivity index (χ0) is 15.2. The molecule has 0 aliphatic rings. The summed E-state index contributed by atoms with van der Waals surface area (Å²) in [5.41, 5.74) is 0.654. The van der Waals surface area contributed by atoms with Crippen LogP contribution in [0.25, 0.3) is 0 Å². The lowest BCUT2D eigenvalue weighted by atomic mass is 10.2. The minimum Gasteiger partial charge on any atom is -0.395 e. The molecule has 0 atom stereocenters. The topological polar surface area (TPSA) is 69.6 Å². The number of hydrogen-bond donors (Lipinski definition) is 2. The molecule has 0 saturated heterocycles. The van der Waals surface area contributed by atoms with Crippen LogP contribution in [-0.4, -0.2) is 44.6 Å². The van der Waals surface area contributed by atoms with Crippen molar-refractivity contribution in [3.63, 3.8) is 0 Å². The molecule has 7 heteroatoms. The Morgan fingerprint density at radius 2 is 2.20 bits per heavy atom. The average molecular weight is 302 g/mol. The first-order chi connectivity index (χ1) is 9.47. The number of aliphatic hydroxyl groups excluding tert-OH is 1. The quantitative estimate of drug-likeness (QED) is 0.694. The molecule has 0 unspecified atom stereocenters. The summed E-state index contributed by atoms with van der Waals surface area (Å²) in [4.78, 5) is -0.396. The van der Waals surface area contributed by atoms with E-state index in [1.165, 1.54) is 18.2 Å². The molecule has 1 rings (SSSR count). The van der Waals surface area contributed by atoms with E-state index in [2.05, 4.69) is 11.9 Å². The average Bonchev–Trinajstić information content (AvgIpc) is 2.38. The predicted octanol–water partition coefficient (Wildman–Crippen LogP) is 0.714. The molecule has 112 valence electrons. The summed E-state index contributed by atoms with van der Waals surface area (Å²) in [6, 6.07) is 3.98. The van der Waals surface area contributed by atoms with Gasteiger partial charge in [0.25, 0.3) is 0 Å². The monoisotopic (exact) mass is 302 g/mol. The zero-order valence-electron chi connectivity index (χ0n) is 11.3. The number of rotatable bonds is 8. The van der Waals surface area contributed by atoms with Crippen LogP contribution in [-0.2, 0) is 16.6 Å². The zero-order valence-corrected chi connectivity index (χ0v) is 12.2. The second kappa shape index (κ2) is 7.49. The molecule has 0 aliphatic carbocycles. The lowest BCUT2D eigenvalue weighted by molar-refractivity contribution is 0.260. The van der Waals surface area contributed by atoms with E-state index in [0.29, 0.717) is 12.1 Å². The first kappa shape index (κ1) is 16.8. The van der Waals surface area contributed by atoms with Crippen LogP contribution in [0.1, 0.15) is 5.56 Å². The highest BCUT2D eigenvalue weighted by Gasteiger charge is 2.26. The third-order valence-electron chi connectivity index (χ3n) is 2.68. The summed E-state index contributed by atoms with van der Waals surface area (Å²) in [6.45, 7) is 3.48. The highest BCUT2D eigenvalue weighted by atomic mass is 32.2. The SMILES string of the molecule is C=CCN(CCO)S(=O)(=O)c1ccc(CNC)cc1F. The van der Waals surface area contributed by atoms with Gasteiger partial charge < -0.3 is 10.4 Å². The van der Waals surface area contributed by atoms with Gasteiger partial charge in [-0.05, 0) is 24.7 Å². The van der Waals surface area contributed by atoms with Gasteiger partial charge in [0.05, 0.1) is 6.61 Å². The van der Waals surface area contributed by atoms with Gasteiger partial charge in [0.2, 0.25) is 10.0 Å². The predicted molar refractivity (Wildman–Crippen MR) is 75.2 cm³/mol. The van der Waals surface area contributed by atoms with Crippen molar-refractivity contribution < 1.29 is 17.9 Å². The number of hydrogen-bond acceptors (Lipinski definition) is 4. The molecule has 0 radical (unpaired) electrons. The van der Waals surface area contributed by atoms with E-state index in [4.69, 9.17) is 5.11 Å². The van der Waals surface area contributed by atoms with Crippen molar-refractivity contribution in [2.24, 2.45) is 0 Å². The molecule has 0 aliphatic heterocycles. The normalized spacial score (nSPS) is 11.8. The second-order valence-corrected chi connectivity index (χ2v) is 6.08. The summed E-state index contributed by atoms with van der Waals surface area (Å²) >= 11 is 0. The molecule has 2 N–H and O–H groups in total. The van der Waals surface area contributed by atoms with Gasteiger partial charge in [-0.1, -0.05) is 12.1 Å². The van der Waals surface area contributed by atoms with E-state index in [9.17, 15) is 12.8 Å². The van der Waals surface area contributed by atoms with Gasteiger partial charge in [0.15, 0.2) is 0 Å². The van der Waals surface area contributed by atoms with Gasteiger partial charge in [-0.2, -0.15) is 4.31 Å². The van der Waals surface area contributed by atoms with Crippen LogP contribution in [0.15, 0.2) is 35.7 Å². The van der Waals surface area contributed by atoms with Crippen LogP contribution in [0, 0.1) is 5.82 Å². The summed E-state index contributed by atoms with van der Waals surface area (Å²) in [7, 11) is -2.26. The molecule has 0 saturated carbocycles. The number of sulfonamides is 1. The highest BCUT2D eigenvalue weighted by molar-refractivity contribution is 7.89. The Hall–Kier alpha value is -1.28. The van der Waals surface area contributed by atoms with Gasteiger partial charge in [-0.3, -0.25) is 0 Å². The summed E-state index contributed by atoms with van der Waals surface area (Å²) in [5.74, 6) is -0.801. The van der Waals surface area contributed by atoms with Gasteiger partial charge in [0.1, 0.15) is 10.7 Å². The fourth-order valence-electron chi connectivity index (χ4n) is 1.77. The van der Waals surface area contributed by atoms with Gasteiger partial charge in [0, 0.05) is 19.6 Å². The maximum atomic E-state index is 14.0. The Bertz CT molecular complexity index is 561. The molecule has 1 aromatic rings. The first-order valence-corrected chi connectivity index (χ1v) is 7.56. The number of nitrogens with zero attached hydrogens (tertiary/aromatic N) is 1. The maximum absolute atomic E-state index is 14.0. The third kappa shape index (κ3) is 3.86. The fraction of sp³-hybridized carbons (Fsp3) is 0.385. The third-order valence-corrected chi connectivity index (χ3v) is 4.58. The van der Waals surface area contributed by atoms with Crippen molar-refractivity contribution in [3.8, 4) is 0 Å². The van der Waals surface area contributed by atoms with Gasteiger partial charge in [-0.25, -0.2) is 12.8 Å². The fourth-order valence-corrected chi connectivity index (χ4v) is 3.22. The Morgan fingerprint density at radius 3 is 2.70 bits per heavy atom.